The highest BCUT2D eigenvalue weighted by Gasteiger charge is 2.27. The standard InChI is InChI=1S/C22H29N3O3S/c1-4-25(17(2)3)20-11-9-19(10-12-20)23-22(26)18-7-13-21(14-8-18)29(27,28)24-15-5-6-16-24/h7-14,17H,4-6,15-16H2,1-3H3,(H,23,26). The molecule has 1 N–H and O–H groups in total. The lowest BCUT2D eigenvalue weighted by molar-refractivity contribution is 0.102. The lowest BCUT2D eigenvalue weighted by Crippen LogP contribution is -2.30. The third-order valence-corrected chi connectivity index (χ3v) is 7.15. The first-order valence-electron chi connectivity index (χ1n) is 10.1. The van der Waals surface area contributed by atoms with Crippen LogP contribution in [0.5, 0.6) is 0 Å². The van der Waals surface area contributed by atoms with E-state index in [0.717, 1.165) is 25.1 Å². The van der Waals surface area contributed by atoms with Gasteiger partial charge in [-0.1, -0.05) is 0 Å². The first-order chi connectivity index (χ1) is 13.8. The van der Waals surface area contributed by atoms with Crippen molar-refractivity contribution < 1.29 is 13.2 Å². The van der Waals surface area contributed by atoms with E-state index in [2.05, 4.69) is 31.0 Å². The van der Waals surface area contributed by atoms with Crippen LogP contribution in [0.2, 0.25) is 0 Å². The monoisotopic (exact) mass is 415 g/mol. The van der Waals surface area contributed by atoms with Crippen LogP contribution >= 0.6 is 0 Å². The third kappa shape index (κ3) is 4.79. The van der Waals surface area contributed by atoms with Crippen molar-refractivity contribution in [2.24, 2.45) is 0 Å². The Morgan fingerprint density at radius 2 is 1.62 bits per heavy atom. The van der Waals surface area contributed by atoms with Crippen LogP contribution in [0.15, 0.2) is 53.4 Å². The van der Waals surface area contributed by atoms with Crippen LogP contribution in [-0.4, -0.2) is 44.3 Å². The Bertz CT molecular complexity index is 932. The highest BCUT2D eigenvalue weighted by molar-refractivity contribution is 7.89. The van der Waals surface area contributed by atoms with Crippen molar-refractivity contribution >= 4 is 27.3 Å². The maximum Gasteiger partial charge on any atom is 0.255 e. The summed E-state index contributed by atoms with van der Waals surface area (Å²) in [5.41, 5.74) is 2.23. The Hall–Kier alpha value is -2.38. The molecule has 29 heavy (non-hydrogen) atoms. The van der Waals surface area contributed by atoms with Crippen molar-refractivity contribution in [3.05, 3.63) is 54.1 Å². The summed E-state index contributed by atoms with van der Waals surface area (Å²) < 4.78 is 26.7. The molecule has 3 rings (SSSR count). The van der Waals surface area contributed by atoms with Crippen molar-refractivity contribution in [1.29, 1.82) is 0 Å². The minimum atomic E-state index is -3.47. The number of sulfonamides is 1. The van der Waals surface area contributed by atoms with Gasteiger partial charge >= 0.3 is 0 Å². The molecule has 0 bridgehead atoms. The molecule has 6 nitrogen and oxygen atoms in total. The number of carbonyl (C=O) groups excluding carboxylic acids is 1. The van der Waals surface area contributed by atoms with Crippen LogP contribution < -0.4 is 10.2 Å². The van der Waals surface area contributed by atoms with Gasteiger partial charge in [0.15, 0.2) is 0 Å². The van der Waals surface area contributed by atoms with Crippen LogP contribution in [0.25, 0.3) is 0 Å². The van der Waals surface area contributed by atoms with Gasteiger partial charge < -0.3 is 10.2 Å². The van der Waals surface area contributed by atoms with Gasteiger partial charge in [-0.3, -0.25) is 4.79 Å². The summed E-state index contributed by atoms with van der Waals surface area (Å²) in [7, 11) is -3.47. The van der Waals surface area contributed by atoms with Crippen molar-refractivity contribution in [2.45, 2.75) is 44.6 Å². The maximum absolute atomic E-state index is 12.6. The fraction of sp³-hybridized carbons (Fsp3) is 0.409. The summed E-state index contributed by atoms with van der Waals surface area (Å²) in [6, 6.07) is 14.3. The van der Waals surface area contributed by atoms with Crippen molar-refractivity contribution in [1.82, 2.24) is 4.31 Å². The average molecular weight is 416 g/mol. The Labute approximate surface area is 173 Å². The summed E-state index contributed by atoms with van der Waals surface area (Å²) in [6.45, 7) is 8.44. The van der Waals surface area contributed by atoms with Gasteiger partial charge in [-0.15, -0.1) is 0 Å². The Morgan fingerprint density at radius 3 is 2.14 bits per heavy atom. The fourth-order valence-corrected chi connectivity index (χ4v) is 5.16. The molecule has 1 aliphatic rings. The average Bonchev–Trinajstić information content (AvgIpc) is 3.25. The number of amides is 1. The Balaban J connectivity index is 1.68. The van der Waals surface area contributed by atoms with Gasteiger partial charge in [-0.25, -0.2) is 8.42 Å². The number of hydrogen-bond acceptors (Lipinski definition) is 4. The topological polar surface area (TPSA) is 69.7 Å². The van der Waals surface area contributed by atoms with Gasteiger partial charge in [-0.05, 0) is 82.1 Å². The van der Waals surface area contributed by atoms with Crippen molar-refractivity contribution in [3.8, 4) is 0 Å². The van der Waals surface area contributed by atoms with Gasteiger partial charge in [0.25, 0.3) is 5.91 Å². The molecule has 2 aromatic rings. The molecule has 156 valence electrons. The molecule has 0 aromatic heterocycles. The first-order valence-corrected chi connectivity index (χ1v) is 11.5. The van der Waals surface area contributed by atoms with Gasteiger partial charge in [-0.2, -0.15) is 4.31 Å². The van der Waals surface area contributed by atoms with Crippen LogP contribution in [0.3, 0.4) is 0 Å². The van der Waals surface area contributed by atoms with Gasteiger partial charge in [0.05, 0.1) is 4.90 Å². The van der Waals surface area contributed by atoms with E-state index >= 15 is 0 Å². The SMILES string of the molecule is CCN(c1ccc(NC(=O)c2ccc(S(=O)(=O)N3CCCC3)cc2)cc1)C(C)C. The summed E-state index contributed by atoms with van der Waals surface area (Å²) in [5.74, 6) is -0.265. The second-order valence-corrected chi connectivity index (χ2v) is 9.45. The number of hydrogen-bond donors (Lipinski definition) is 1. The maximum atomic E-state index is 12.6. The van der Waals surface area contributed by atoms with E-state index in [-0.39, 0.29) is 10.8 Å². The van der Waals surface area contributed by atoms with E-state index in [0.29, 0.717) is 30.4 Å². The second-order valence-electron chi connectivity index (χ2n) is 7.52. The zero-order chi connectivity index (χ0) is 21.0. The molecule has 0 atom stereocenters. The number of nitrogens with zero attached hydrogens (tertiary/aromatic N) is 2. The number of benzene rings is 2. The van der Waals surface area contributed by atoms with Crippen LogP contribution in [-0.2, 0) is 10.0 Å². The molecule has 1 amide bonds. The minimum Gasteiger partial charge on any atom is -0.369 e. The number of anilines is 2. The molecule has 1 aliphatic heterocycles. The van der Waals surface area contributed by atoms with E-state index in [1.54, 1.807) is 12.1 Å². The molecule has 1 fully saturated rings. The smallest absolute Gasteiger partial charge is 0.255 e. The normalized spacial score (nSPS) is 14.9. The quantitative estimate of drug-likeness (QED) is 0.743. The summed E-state index contributed by atoms with van der Waals surface area (Å²) >= 11 is 0. The van der Waals surface area contributed by atoms with Crippen molar-refractivity contribution in [3.63, 3.8) is 0 Å². The summed E-state index contributed by atoms with van der Waals surface area (Å²) in [6.07, 6.45) is 1.79. The second kappa shape index (κ2) is 8.97. The third-order valence-electron chi connectivity index (χ3n) is 5.24. The van der Waals surface area contributed by atoms with E-state index < -0.39 is 10.0 Å². The molecule has 7 heteroatoms. The van der Waals surface area contributed by atoms with Gasteiger partial charge in [0, 0.05) is 42.6 Å². The number of carbonyl (C=O) groups is 1. The molecule has 0 aliphatic carbocycles. The van der Waals surface area contributed by atoms with E-state index in [9.17, 15) is 13.2 Å². The highest BCUT2D eigenvalue weighted by Crippen LogP contribution is 2.22. The highest BCUT2D eigenvalue weighted by atomic mass is 32.2. The predicted molar refractivity (Wildman–Crippen MR) is 117 cm³/mol. The molecule has 0 saturated carbocycles. The molecule has 2 aromatic carbocycles. The van der Waals surface area contributed by atoms with E-state index in [4.69, 9.17) is 0 Å². The number of rotatable bonds is 7. The van der Waals surface area contributed by atoms with Crippen LogP contribution in [0, 0.1) is 0 Å². The minimum absolute atomic E-state index is 0.230. The predicted octanol–water partition coefficient (Wildman–Crippen LogP) is 3.96. The van der Waals surface area contributed by atoms with Crippen LogP contribution in [0.1, 0.15) is 44.0 Å². The Morgan fingerprint density at radius 1 is 1.03 bits per heavy atom. The molecular weight excluding hydrogens is 386 g/mol. The first kappa shape index (κ1) is 21.3. The summed E-state index contributed by atoms with van der Waals surface area (Å²) in [5, 5.41) is 2.87. The molecule has 1 heterocycles. The molecule has 0 unspecified atom stereocenters. The number of nitrogens with one attached hydrogen (secondary N) is 1. The van der Waals surface area contributed by atoms with Gasteiger partial charge in [0.2, 0.25) is 10.0 Å². The lowest BCUT2D eigenvalue weighted by atomic mass is 10.2. The molecule has 1 saturated heterocycles. The van der Waals surface area contributed by atoms with Crippen LogP contribution in [0.4, 0.5) is 11.4 Å². The molecule has 0 radical (unpaired) electrons. The van der Waals surface area contributed by atoms with Crippen molar-refractivity contribution in [2.75, 3.05) is 29.9 Å². The Kier molecular flexibility index (Phi) is 6.59. The largest absolute Gasteiger partial charge is 0.369 e. The molecular formula is C22H29N3O3S. The molecule has 0 spiro atoms. The summed E-state index contributed by atoms with van der Waals surface area (Å²) in [4.78, 5) is 15.0. The fourth-order valence-electron chi connectivity index (χ4n) is 3.64. The lowest BCUT2D eigenvalue weighted by Gasteiger charge is -2.27. The van der Waals surface area contributed by atoms with E-state index in [1.807, 2.05) is 24.3 Å². The van der Waals surface area contributed by atoms with E-state index in [1.165, 1.54) is 16.4 Å². The zero-order valence-corrected chi connectivity index (χ0v) is 18.1. The zero-order valence-electron chi connectivity index (χ0n) is 17.3. The van der Waals surface area contributed by atoms with Gasteiger partial charge in [0.1, 0.15) is 0 Å².